The predicted molar refractivity (Wildman–Crippen MR) is 252 cm³/mol. The molecule has 0 aromatic rings. The first kappa shape index (κ1) is 53.3. The van der Waals surface area contributed by atoms with E-state index in [1.807, 2.05) is 6.08 Å². The van der Waals surface area contributed by atoms with Crippen LogP contribution in [0.2, 0.25) is 0 Å². The number of hydrogen-bond acceptors (Lipinski definition) is 3. The van der Waals surface area contributed by atoms with Gasteiger partial charge in [0, 0.05) is 6.42 Å². The second-order valence-electron chi connectivity index (χ2n) is 14.4. The number of rotatable bonds is 38. The summed E-state index contributed by atoms with van der Waals surface area (Å²) in [5.41, 5.74) is 0. The maximum absolute atomic E-state index is 12.3. The summed E-state index contributed by atoms with van der Waals surface area (Å²) in [7, 11) is 0. The molecule has 0 saturated heterocycles. The number of amides is 1. The number of unbranched alkanes of at least 4 members (excludes halogenated alkanes) is 9. The Hall–Kier alpha value is -3.73. The van der Waals surface area contributed by atoms with Crippen molar-refractivity contribution in [1.82, 2.24) is 5.32 Å². The molecule has 0 fully saturated rings. The largest absolute Gasteiger partial charge is 0.394 e. The minimum atomic E-state index is -0.853. The van der Waals surface area contributed by atoms with Crippen molar-refractivity contribution < 1.29 is 15.0 Å². The van der Waals surface area contributed by atoms with E-state index in [9.17, 15) is 15.0 Å². The van der Waals surface area contributed by atoms with E-state index in [2.05, 4.69) is 153 Å². The molecule has 0 radical (unpaired) electrons. The highest BCUT2D eigenvalue weighted by Crippen LogP contribution is 2.09. The predicted octanol–water partition coefficient (Wildman–Crippen LogP) is 14.5. The summed E-state index contributed by atoms with van der Waals surface area (Å²) in [6.45, 7) is 4.08. The Morgan fingerprint density at radius 3 is 1.16 bits per heavy atom. The Morgan fingerprint density at radius 1 is 0.439 bits per heavy atom. The summed E-state index contributed by atoms with van der Waals surface area (Å²) in [6, 6.07) is -0.639. The van der Waals surface area contributed by atoms with E-state index in [1.165, 1.54) is 32.1 Å². The van der Waals surface area contributed by atoms with E-state index in [1.54, 1.807) is 6.08 Å². The Labute approximate surface area is 351 Å². The number of allylic oxidation sites excluding steroid dienone is 23. The van der Waals surface area contributed by atoms with Gasteiger partial charge in [-0.05, 0) is 103 Å². The summed E-state index contributed by atoms with van der Waals surface area (Å²) in [4.78, 5) is 12.3. The van der Waals surface area contributed by atoms with Gasteiger partial charge in [-0.15, -0.1) is 0 Å². The Morgan fingerprint density at radius 2 is 0.772 bits per heavy atom. The summed E-state index contributed by atoms with van der Waals surface area (Å²) in [6.07, 6.45) is 75.5. The van der Waals surface area contributed by atoms with Gasteiger partial charge in [-0.2, -0.15) is 0 Å². The lowest BCUT2D eigenvalue weighted by Crippen LogP contribution is -2.45. The van der Waals surface area contributed by atoms with Crippen molar-refractivity contribution in [3.05, 3.63) is 146 Å². The second-order valence-corrected chi connectivity index (χ2v) is 14.4. The van der Waals surface area contributed by atoms with Gasteiger partial charge in [-0.25, -0.2) is 0 Å². The number of carbonyl (C=O) groups is 1. The van der Waals surface area contributed by atoms with Gasteiger partial charge in [-0.3, -0.25) is 4.79 Å². The molecule has 0 heterocycles. The molecule has 0 bridgehead atoms. The van der Waals surface area contributed by atoms with Crippen LogP contribution in [0.15, 0.2) is 146 Å². The van der Waals surface area contributed by atoms with E-state index in [4.69, 9.17) is 0 Å². The third-order valence-corrected chi connectivity index (χ3v) is 9.08. The molecule has 0 saturated carbocycles. The third-order valence-electron chi connectivity index (χ3n) is 9.08. The van der Waals surface area contributed by atoms with Gasteiger partial charge in [0.1, 0.15) is 0 Å². The molecular formula is C53H83NO3. The fourth-order valence-corrected chi connectivity index (χ4v) is 5.65. The quantitative estimate of drug-likeness (QED) is 0.0432. The molecular weight excluding hydrogens is 699 g/mol. The Kier molecular flexibility index (Phi) is 43.6. The van der Waals surface area contributed by atoms with E-state index in [0.717, 1.165) is 109 Å². The van der Waals surface area contributed by atoms with E-state index >= 15 is 0 Å². The van der Waals surface area contributed by atoms with Crippen molar-refractivity contribution in [2.45, 2.75) is 174 Å². The second kappa shape index (κ2) is 46.7. The lowest BCUT2D eigenvalue weighted by molar-refractivity contribution is -0.123. The number of aliphatic hydroxyl groups excluding tert-OH is 2. The molecule has 3 N–H and O–H groups in total. The molecule has 0 aliphatic carbocycles. The van der Waals surface area contributed by atoms with Crippen molar-refractivity contribution in [2.24, 2.45) is 0 Å². The molecule has 2 atom stereocenters. The lowest BCUT2D eigenvalue weighted by atomic mass is 10.1. The van der Waals surface area contributed by atoms with E-state index in [0.29, 0.717) is 6.42 Å². The number of carbonyl (C=O) groups excluding carboxylic acids is 1. The fourth-order valence-electron chi connectivity index (χ4n) is 5.65. The first-order chi connectivity index (χ1) is 28.2. The molecule has 0 aliphatic heterocycles. The molecule has 318 valence electrons. The number of hydrogen-bond donors (Lipinski definition) is 3. The first-order valence-corrected chi connectivity index (χ1v) is 22.5. The molecule has 0 spiro atoms. The summed E-state index contributed by atoms with van der Waals surface area (Å²) < 4.78 is 0. The van der Waals surface area contributed by atoms with Gasteiger partial charge in [0.05, 0.1) is 18.8 Å². The van der Waals surface area contributed by atoms with Gasteiger partial charge in [0.15, 0.2) is 0 Å². The zero-order chi connectivity index (χ0) is 41.4. The highest BCUT2D eigenvalue weighted by Gasteiger charge is 2.17. The van der Waals surface area contributed by atoms with Crippen molar-refractivity contribution >= 4 is 5.91 Å². The smallest absolute Gasteiger partial charge is 0.220 e. The van der Waals surface area contributed by atoms with Crippen LogP contribution in [0, 0.1) is 0 Å². The van der Waals surface area contributed by atoms with Crippen LogP contribution >= 0.6 is 0 Å². The van der Waals surface area contributed by atoms with Crippen LogP contribution in [-0.4, -0.2) is 34.9 Å². The molecule has 0 aromatic carbocycles. The summed E-state index contributed by atoms with van der Waals surface area (Å²) in [5.74, 6) is -0.0971. The SMILES string of the molecule is CC/C=C\C/C=C\C/C=C\C/C=C\C/C=C\C/C=C\C/C=C\C/C=C\C/C=C\C/C=C\C/C=C\CCCCCCCC(=O)NC(CO)C(O)/C=C/CCCCCC. The molecule has 1 amide bonds. The van der Waals surface area contributed by atoms with Crippen molar-refractivity contribution in [3.8, 4) is 0 Å². The van der Waals surface area contributed by atoms with Crippen LogP contribution in [-0.2, 0) is 4.79 Å². The summed E-state index contributed by atoms with van der Waals surface area (Å²) >= 11 is 0. The Bertz CT molecular complexity index is 1250. The number of aliphatic hydroxyl groups is 2. The zero-order valence-corrected chi connectivity index (χ0v) is 36.3. The van der Waals surface area contributed by atoms with Gasteiger partial charge >= 0.3 is 0 Å². The van der Waals surface area contributed by atoms with Crippen molar-refractivity contribution in [1.29, 1.82) is 0 Å². The third kappa shape index (κ3) is 43.2. The maximum Gasteiger partial charge on any atom is 0.220 e. The van der Waals surface area contributed by atoms with Gasteiger partial charge in [0.25, 0.3) is 0 Å². The summed E-state index contributed by atoms with van der Waals surface area (Å²) in [5, 5.41) is 22.7. The van der Waals surface area contributed by atoms with E-state index < -0.39 is 12.1 Å². The number of nitrogens with one attached hydrogen (secondary N) is 1. The normalized spacial score (nSPS) is 14.4. The molecule has 0 aliphatic rings. The topological polar surface area (TPSA) is 69.6 Å². The molecule has 57 heavy (non-hydrogen) atoms. The average molecular weight is 782 g/mol. The molecule has 2 unspecified atom stereocenters. The first-order valence-electron chi connectivity index (χ1n) is 22.5. The van der Waals surface area contributed by atoms with Crippen molar-refractivity contribution in [2.75, 3.05) is 6.61 Å². The highest BCUT2D eigenvalue weighted by molar-refractivity contribution is 5.76. The van der Waals surface area contributed by atoms with Gasteiger partial charge < -0.3 is 15.5 Å². The molecule has 0 rings (SSSR count). The van der Waals surface area contributed by atoms with Crippen LogP contribution in [0.3, 0.4) is 0 Å². The highest BCUT2D eigenvalue weighted by atomic mass is 16.3. The van der Waals surface area contributed by atoms with Gasteiger partial charge in [0.2, 0.25) is 5.91 Å². The van der Waals surface area contributed by atoms with Crippen LogP contribution < -0.4 is 5.32 Å². The van der Waals surface area contributed by atoms with Gasteiger partial charge in [-0.1, -0.05) is 198 Å². The minimum Gasteiger partial charge on any atom is -0.394 e. The van der Waals surface area contributed by atoms with Crippen molar-refractivity contribution in [3.63, 3.8) is 0 Å². The molecule has 4 heteroatoms. The lowest BCUT2D eigenvalue weighted by Gasteiger charge is -2.20. The Balaban J connectivity index is 3.69. The van der Waals surface area contributed by atoms with E-state index in [-0.39, 0.29) is 12.5 Å². The van der Waals surface area contributed by atoms with Crippen LogP contribution in [0.5, 0.6) is 0 Å². The average Bonchev–Trinajstić information content (AvgIpc) is 3.22. The molecule has 4 nitrogen and oxygen atoms in total. The monoisotopic (exact) mass is 782 g/mol. The zero-order valence-electron chi connectivity index (χ0n) is 36.3. The van der Waals surface area contributed by atoms with Crippen LogP contribution in [0.25, 0.3) is 0 Å². The molecule has 0 aromatic heterocycles. The standard InChI is InChI=1S/C53H83NO3/c1-3-5-7-9-11-12-13-14-15-16-17-18-19-20-21-22-23-24-25-26-27-28-29-30-31-32-33-34-35-36-37-38-39-40-41-42-43-45-47-49-53(57)54-51(50-55)52(56)48-46-44-10-8-6-4-2/h5,7,11-12,14-15,17-18,20-21,23-24,26-27,29-30,32-33,35-36,38-39,46,48,51-52,55-56H,3-4,6,8-10,13,16,19,22,25,28,31,34,37,40-45,47,49-50H2,1-2H3,(H,54,57)/b7-5-,12-11-,15-14-,18-17-,21-20-,24-23-,27-26-,30-29-,33-32-,36-35-,39-38-,48-46+. The minimum absolute atomic E-state index is 0.0971. The maximum atomic E-state index is 12.3. The van der Waals surface area contributed by atoms with Crippen LogP contribution in [0.1, 0.15) is 162 Å². The van der Waals surface area contributed by atoms with Crippen LogP contribution in [0.4, 0.5) is 0 Å². The fraction of sp³-hybridized carbons (Fsp3) is 0.528.